The quantitative estimate of drug-likeness (QED) is 0.773. The van der Waals surface area contributed by atoms with Crippen LogP contribution >= 0.6 is 0 Å². The lowest BCUT2D eigenvalue weighted by molar-refractivity contribution is 0.627. The van der Waals surface area contributed by atoms with Gasteiger partial charge in [-0.25, -0.2) is 18.7 Å². The van der Waals surface area contributed by atoms with Crippen molar-refractivity contribution in [3.8, 4) is 11.4 Å². The number of nitrogens with two attached hydrogens (primary N) is 1. The van der Waals surface area contributed by atoms with Crippen LogP contribution in [0.15, 0.2) is 54.6 Å². The van der Waals surface area contributed by atoms with Crippen molar-refractivity contribution in [3.05, 3.63) is 66.2 Å². The van der Waals surface area contributed by atoms with Crippen molar-refractivity contribution in [2.24, 2.45) is 0 Å². The van der Waals surface area contributed by atoms with Gasteiger partial charge in [0.25, 0.3) is 0 Å². The fourth-order valence-corrected chi connectivity index (χ4v) is 1.94. The van der Waals surface area contributed by atoms with Crippen molar-refractivity contribution in [3.63, 3.8) is 0 Å². The molecule has 3 N–H and O–H groups in total. The molecular weight excluding hydrogens is 286 g/mol. The minimum Gasteiger partial charge on any atom is -0.384 e. The lowest BCUT2D eigenvalue weighted by Crippen LogP contribution is -2.01. The Kier molecular flexibility index (Phi) is 3.65. The molecule has 1 aromatic heterocycles. The Morgan fingerprint density at radius 2 is 1.41 bits per heavy atom. The van der Waals surface area contributed by atoms with E-state index < -0.39 is 0 Å². The Labute approximate surface area is 125 Å². The topological polar surface area (TPSA) is 63.8 Å². The molecule has 22 heavy (non-hydrogen) atoms. The van der Waals surface area contributed by atoms with Gasteiger partial charge in [-0.3, -0.25) is 0 Å². The van der Waals surface area contributed by atoms with Gasteiger partial charge in [0.05, 0.1) is 0 Å². The lowest BCUT2D eigenvalue weighted by Gasteiger charge is -2.08. The first kappa shape index (κ1) is 13.9. The molecule has 0 aliphatic carbocycles. The summed E-state index contributed by atoms with van der Waals surface area (Å²) in [6, 6.07) is 13.2. The van der Waals surface area contributed by atoms with Crippen molar-refractivity contribution in [2.75, 3.05) is 11.1 Å². The van der Waals surface area contributed by atoms with E-state index in [0.717, 1.165) is 0 Å². The maximum Gasteiger partial charge on any atom is 0.163 e. The Morgan fingerprint density at radius 3 is 2.05 bits per heavy atom. The summed E-state index contributed by atoms with van der Waals surface area (Å²) in [6.45, 7) is 0. The molecule has 2 aromatic carbocycles. The molecule has 0 amide bonds. The van der Waals surface area contributed by atoms with E-state index >= 15 is 0 Å². The van der Waals surface area contributed by atoms with Crippen molar-refractivity contribution in [1.82, 2.24) is 9.97 Å². The molecule has 0 spiro atoms. The molecule has 1 heterocycles. The molecule has 0 aliphatic heterocycles. The molecule has 3 rings (SSSR count). The van der Waals surface area contributed by atoms with Gasteiger partial charge in [0, 0.05) is 17.3 Å². The van der Waals surface area contributed by atoms with Gasteiger partial charge < -0.3 is 11.1 Å². The van der Waals surface area contributed by atoms with Gasteiger partial charge in [-0.05, 0) is 48.5 Å². The summed E-state index contributed by atoms with van der Waals surface area (Å²) < 4.78 is 25.9. The summed E-state index contributed by atoms with van der Waals surface area (Å²) in [4.78, 5) is 8.47. The normalized spacial score (nSPS) is 10.5. The number of hydrogen-bond donors (Lipinski definition) is 2. The van der Waals surface area contributed by atoms with Gasteiger partial charge >= 0.3 is 0 Å². The van der Waals surface area contributed by atoms with Crippen LogP contribution in [0, 0.1) is 11.6 Å². The molecule has 0 bridgehead atoms. The van der Waals surface area contributed by atoms with E-state index in [0.29, 0.717) is 22.9 Å². The van der Waals surface area contributed by atoms with Crippen LogP contribution in [0.3, 0.4) is 0 Å². The highest BCUT2D eigenvalue weighted by molar-refractivity contribution is 5.64. The molecule has 3 aromatic rings. The summed E-state index contributed by atoms with van der Waals surface area (Å²) in [5, 5.41) is 3.02. The van der Waals surface area contributed by atoms with Crippen LogP contribution < -0.4 is 11.1 Å². The van der Waals surface area contributed by atoms with Gasteiger partial charge in [0.2, 0.25) is 0 Å². The number of benzene rings is 2. The van der Waals surface area contributed by atoms with E-state index in [1.165, 1.54) is 24.3 Å². The summed E-state index contributed by atoms with van der Waals surface area (Å²) in [5.74, 6) is 0.471. The minimum absolute atomic E-state index is 0.277. The van der Waals surface area contributed by atoms with Crippen LogP contribution in [-0.2, 0) is 0 Å². The number of halogens is 2. The fourth-order valence-electron chi connectivity index (χ4n) is 1.94. The van der Waals surface area contributed by atoms with Crippen molar-refractivity contribution in [1.29, 1.82) is 0 Å². The van der Waals surface area contributed by atoms with Gasteiger partial charge in [-0.1, -0.05) is 0 Å². The van der Waals surface area contributed by atoms with Crippen molar-refractivity contribution < 1.29 is 8.78 Å². The highest BCUT2D eigenvalue weighted by Gasteiger charge is 2.06. The van der Waals surface area contributed by atoms with Crippen LogP contribution in [0.2, 0.25) is 0 Å². The highest BCUT2D eigenvalue weighted by Crippen LogP contribution is 2.22. The molecule has 0 atom stereocenters. The lowest BCUT2D eigenvalue weighted by atomic mass is 10.2. The smallest absolute Gasteiger partial charge is 0.163 e. The molecule has 0 saturated carbocycles. The maximum atomic E-state index is 13.0. The summed E-state index contributed by atoms with van der Waals surface area (Å²) in [6.07, 6.45) is 0. The first-order valence-electron chi connectivity index (χ1n) is 6.53. The first-order valence-corrected chi connectivity index (χ1v) is 6.53. The predicted octanol–water partition coefficient (Wildman–Crippen LogP) is 3.75. The van der Waals surface area contributed by atoms with E-state index in [1.54, 1.807) is 30.3 Å². The molecule has 0 aliphatic rings. The minimum atomic E-state index is -0.336. The van der Waals surface area contributed by atoms with E-state index in [4.69, 9.17) is 5.73 Å². The predicted molar refractivity (Wildman–Crippen MR) is 81.5 cm³/mol. The molecule has 0 fully saturated rings. The Morgan fingerprint density at radius 1 is 0.818 bits per heavy atom. The second-order valence-corrected chi connectivity index (χ2v) is 4.64. The summed E-state index contributed by atoms with van der Waals surface area (Å²) in [5.41, 5.74) is 7.10. The monoisotopic (exact) mass is 298 g/mol. The van der Waals surface area contributed by atoms with E-state index in [-0.39, 0.29) is 17.5 Å². The second kappa shape index (κ2) is 5.77. The second-order valence-electron chi connectivity index (χ2n) is 4.64. The van der Waals surface area contributed by atoms with Crippen LogP contribution in [0.4, 0.5) is 26.1 Å². The fraction of sp³-hybridized carbons (Fsp3) is 0. The largest absolute Gasteiger partial charge is 0.384 e. The Hall–Kier alpha value is -3.02. The zero-order valence-electron chi connectivity index (χ0n) is 11.4. The molecule has 110 valence electrons. The van der Waals surface area contributed by atoms with Crippen molar-refractivity contribution >= 4 is 17.3 Å². The van der Waals surface area contributed by atoms with E-state index in [9.17, 15) is 8.78 Å². The molecule has 0 unspecified atom stereocenters. The van der Waals surface area contributed by atoms with Crippen LogP contribution in [0.5, 0.6) is 0 Å². The number of nitrogen functional groups attached to an aromatic ring is 1. The van der Waals surface area contributed by atoms with Crippen LogP contribution in [0.25, 0.3) is 11.4 Å². The third-order valence-electron chi connectivity index (χ3n) is 2.97. The maximum absolute atomic E-state index is 13.0. The van der Waals surface area contributed by atoms with E-state index in [1.807, 2.05) is 0 Å². The van der Waals surface area contributed by atoms with Crippen LogP contribution in [0.1, 0.15) is 0 Å². The third kappa shape index (κ3) is 3.17. The summed E-state index contributed by atoms with van der Waals surface area (Å²) in [7, 11) is 0. The average molecular weight is 298 g/mol. The van der Waals surface area contributed by atoms with E-state index in [2.05, 4.69) is 15.3 Å². The zero-order valence-corrected chi connectivity index (χ0v) is 11.4. The Balaban J connectivity index is 1.92. The third-order valence-corrected chi connectivity index (χ3v) is 2.97. The van der Waals surface area contributed by atoms with Crippen molar-refractivity contribution in [2.45, 2.75) is 0 Å². The molecule has 4 nitrogen and oxygen atoms in total. The SMILES string of the molecule is Nc1cc(Nc2ccc(F)cc2)nc(-c2ccc(F)cc2)n1. The number of rotatable bonds is 3. The highest BCUT2D eigenvalue weighted by atomic mass is 19.1. The number of anilines is 3. The van der Waals surface area contributed by atoms with Gasteiger partial charge in [-0.2, -0.15) is 0 Å². The number of nitrogens with zero attached hydrogens (tertiary/aromatic N) is 2. The standard InChI is InChI=1S/C16H12F2N4/c17-11-3-1-10(2-4-11)16-21-14(19)9-15(22-16)20-13-7-5-12(18)6-8-13/h1-9H,(H3,19,20,21,22). The molecule has 0 radical (unpaired) electrons. The Bertz CT molecular complexity index is 786. The molecule has 6 heteroatoms. The molecule has 0 saturated heterocycles. The number of nitrogens with one attached hydrogen (secondary N) is 1. The van der Waals surface area contributed by atoms with Crippen LogP contribution in [-0.4, -0.2) is 9.97 Å². The van der Waals surface area contributed by atoms with Gasteiger partial charge in [-0.15, -0.1) is 0 Å². The van der Waals surface area contributed by atoms with Gasteiger partial charge in [0.15, 0.2) is 5.82 Å². The van der Waals surface area contributed by atoms with Gasteiger partial charge in [0.1, 0.15) is 23.3 Å². The first-order chi connectivity index (χ1) is 10.6. The average Bonchev–Trinajstić information content (AvgIpc) is 2.50. The molecular formula is C16H12F2N4. The summed E-state index contributed by atoms with van der Waals surface area (Å²) >= 11 is 0. The zero-order chi connectivity index (χ0) is 15.5. The number of aromatic nitrogens is 2. The number of hydrogen-bond acceptors (Lipinski definition) is 4.